The molecular weight excluding hydrogens is 194 g/mol. The first-order chi connectivity index (χ1) is 6.74. The van der Waals surface area contributed by atoms with E-state index in [4.69, 9.17) is 6.42 Å². The molecule has 0 aromatic carbocycles. The molecule has 1 N–H and O–H groups in total. The third-order valence-corrected chi connectivity index (χ3v) is 2.92. The van der Waals surface area contributed by atoms with E-state index >= 15 is 0 Å². The highest BCUT2D eigenvalue weighted by molar-refractivity contribution is 7.99. The lowest BCUT2D eigenvalue weighted by Gasteiger charge is -2.10. The van der Waals surface area contributed by atoms with Gasteiger partial charge in [0.25, 0.3) is 0 Å². The van der Waals surface area contributed by atoms with Crippen LogP contribution in [0.15, 0.2) is 17.6 Å². The van der Waals surface area contributed by atoms with Crippen molar-refractivity contribution in [2.24, 2.45) is 7.05 Å². The summed E-state index contributed by atoms with van der Waals surface area (Å²) in [4.78, 5) is 4.24. The molecule has 1 rings (SSSR count). The van der Waals surface area contributed by atoms with E-state index in [1.54, 1.807) is 11.8 Å². The van der Waals surface area contributed by atoms with Crippen molar-refractivity contribution in [3.05, 3.63) is 12.4 Å². The first kappa shape index (κ1) is 11.2. The van der Waals surface area contributed by atoms with E-state index in [0.29, 0.717) is 11.8 Å². The standard InChI is InChI=1S/C10H15N3S/c1-4-5-11-8-9(2)14-10-12-6-7-13(10)3/h1,6-7,9,11H,5,8H2,2-3H3. The van der Waals surface area contributed by atoms with Gasteiger partial charge in [-0.05, 0) is 0 Å². The zero-order valence-corrected chi connectivity index (χ0v) is 9.34. The molecule has 3 nitrogen and oxygen atoms in total. The zero-order valence-electron chi connectivity index (χ0n) is 8.53. The molecule has 0 aliphatic rings. The second-order valence-corrected chi connectivity index (χ2v) is 4.49. The number of thioether (sulfide) groups is 1. The SMILES string of the molecule is C#CCNCC(C)Sc1nccn1C. The van der Waals surface area contributed by atoms with Gasteiger partial charge in [0.2, 0.25) is 0 Å². The van der Waals surface area contributed by atoms with Gasteiger partial charge >= 0.3 is 0 Å². The molecule has 0 aliphatic heterocycles. The topological polar surface area (TPSA) is 29.9 Å². The summed E-state index contributed by atoms with van der Waals surface area (Å²) in [6, 6.07) is 0. The number of nitrogens with zero attached hydrogens (tertiary/aromatic N) is 2. The Hall–Kier alpha value is -0.920. The van der Waals surface area contributed by atoms with Gasteiger partial charge in [-0.3, -0.25) is 0 Å². The molecule has 1 aromatic rings. The average Bonchev–Trinajstić information content (AvgIpc) is 2.52. The minimum absolute atomic E-state index is 0.476. The number of hydrogen-bond acceptors (Lipinski definition) is 3. The summed E-state index contributed by atoms with van der Waals surface area (Å²) in [6.07, 6.45) is 8.90. The lowest BCUT2D eigenvalue weighted by Crippen LogP contribution is -2.23. The third kappa shape index (κ3) is 3.44. The van der Waals surface area contributed by atoms with E-state index in [0.717, 1.165) is 11.7 Å². The molecule has 1 heterocycles. The summed E-state index contributed by atoms with van der Waals surface area (Å²) in [6.45, 7) is 3.69. The molecule has 0 saturated carbocycles. The van der Waals surface area contributed by atoms with Crippen LogP contribution in [0.5, 0.6) is 0 Å². The quantitative estimate of drug-likeness (QED) is 0.448. The van der Waals surface area contributed by atoms with Gasteiger partial charge in [-0.1, -0.05) is 24.6 Å². The number of aryl methyl sites for hydroxylation is 1. The fraction of sp³-hybridized carbons (Fsp3) is 0.500. The third-order valence-electron chi connectivity index (χ3n) is 1.74. The predicted molar refractivity (Wildman–Crippen MR) is 60.2 cm³/mol. The van der Waals surface area contributed by atoms with Crippen LogP contribution in [-0.4, -0.2) is 27.9 Å². The fourth-order valence-corrected chi connectivity index (χ4v) is 1.94. The number of hydrogen-bond donors (Lipinski definition) is 1. The van der Waals surface area contributed by atoms with Gasteiger partial charge in [0, 0.05) is 31.2 Å². The Balaban J connectivity index is 2.31. The molecule has 0 fully saturated rings. The summed E-state index contributed by atoms with van der Waals surface area (Å²) < 4.78 is 2.02. The van der Waals surface area contributed by atoms with Crippen molar-refractivity contribution in [2.45, 2.75) is 17.3 Å². The molecule has 1 unspecified atom stereocenters. The van der Waals surface area contributed by atoms with E-state index in [-0.39, 0.29) is 0 Å². The van der Waals surface area contributed by atoms with E-state index in [1.165, 1.54) is 0 Å². The van der Waals surface area contributed by atoms with Crippen molar-refractivity contribution >= 4 is 11.8 Å². The molecule has 0 radical (unpaired) electrons. The Kier molecular flexibility index (Phi) is 4.57. The normalized spacial score (nSPS) is 12.4. The van der Waals surface area contributed by atoms with Crippen molar-refractivity contribution in [3.63, 3.8) is 0 Å². The summed E-state index contributed by atoms with van der Waals surface area (Å²) in [5, 5.41) is 4.69. The van der Waals surface area contributed by atoms with Crippen molar-refractivity contribution in [1.29, 1.82) is 0 Å². The van der Waals surface area contributed by atoms with E-state index in [1.807, 2.05) is 24.0 Å². The molecular formula is C10H15N3S. The highest BCUT2D eigenvalue weighted by atomic mass is 32.2. The maximum atomic E-state index is 5.14. The van der Waals surface area contributed by atoms with Gasteiger partial charge in [-0.2, -0.15) is 0 Å². The molecule has 1 aromatic heterocycles. The molecule has 1 atom stereocenters. The predicted octanol–water partition coefficient (Wildman–Crippen LogP) is 1.12. The molecule has 14 heavy (non-hydrogen) atoms. The van der Waals surface area contributed by atoms with Crippen LogP contribution in [0.2, 0.25) is 0 Å². The summed E-state index contributed by atoms with van der Waals surface area (Å²) >= 11 is 1.75. The Morgan fingerprint density at radius 3 is 3.14 bits per heavy atom. The molecule has 76 valence electrons. The van der Waals surface area contributed by atoms with Gasteiger partial charge < -0.3 is 9.88 Å². The maximum Gasteiger partial charge on any atom is 0.167 e. The van der Waals surface area contributed by atoms with Crippen molar-refractivity contribution in [1.82, 2.24) is 14.9 Å². The van der Waals surface area contributed by atoms with Crippen LogP contribution in [0.4, 0.5) is 0 Å². The molecule has 0 spiro atoms. The Bertz CT molecular complexity index is 313. The average molecular weight is 209 g/mol. The van der Waals surface area contributed by atoms with Crippen LogP contribution in [-0.2, 0) is 7.05 Å². The van der Waals surface area contributed by atoms with Gasteiger partial charge in [-0.15, -0.1) is 6.42 Å². The molecule has 4 heteroatoms. The smallest absolute Gasteiger partial charge is 0.167 e. The molecule has 0 amide bonds. The second-order valence-electron chi connectivity index (χ2n) is 3.08. The van der Waals surface area contributed by atoms with E-state index < -0.39 is 0 Å². The minimum atomic E-state index is 0.476. The summed E-state index contributed by atoms with van der Waals surface area (Å²) in [7, 11) is 2.00. The van der Waals surface area contributed by atoms with Gasteiger partial charge in [0.1, 0.15) is 0 Å². The summed E-state index contributed by atoms with van der Waals surface area (Å²) in [5.74, 6) is 2.55. The van der Waals surface area contributed by atoms with Crippen LogP contribution in [0.1, 0.15) is 6.92 Å². The first-order valence-electron chi connectivity index (χ1n) is 4.52. The van der Waals surface area contributed by atoms with Crippen LogP contribution < -0.4 is 5.32 Å². The van der Waals surface area contributed by atoms with Gasteiger partial charge in [-0.25, -0.2) is 4.98 Å². The van der Waals surface area contributed by atoms with Gasteiger partial charge in [0.15, 0.2) is 5.16 Å². The van der Waals surface area contributed by atoms with E-state index in [9.17, 15) is 0 Å². The summed E-state index contributed by atoms with van der Waals surface area (Å²) in [5.41, 5.74) is 0. The highest BCUT2D eigenvalue weighted by Crippen LogP contribution is 2.19. The molecule has 0 aliphatic carbocycles. The second kappa shape index (κ2) is 5.74. The van der Waals surface area contributed by atoms with E-state index in [2.05, 4.69) is 23.1 Å². The number of nitrogens with one attached hydrogen (secondary N) is 1. The molecule has 0 saturated heterocycles. The highest BCUT2D eigenvalue weighted by Gasteiger charge is 2.06. The monoisotopic (exact) mass is 209 g/mol. The first-order valence-corrected chi connectivity index (χ1v) is 5.40. The van der Waals surface area contributed by atoms with Crippen LogP contribution >= 0.6 is 11.8 Å². The van der Waals surface area contributed by atoms with Crippen LogP contribution in [0.3, 0.4) is 0 Å². The lowest BCUT2D eigenvalue weighted by molar-refractivity contribution is 0.736. The fourth-order valence-electron chi connectivity index (χ4n) is 1.03. The molecule has 0 bridgehead atoms. The number of rotatable bonds is 5. The Labute approximate surface area is 89.3 Å². The Morgan fingerprint density at radius 2 is 2.57 bits per heavy atom. The van der Waals surface area contributed by atoms with Gasteiger partial charge in [0.05, 0.1) is 6.54 Å². The number of imidazole rings is 1. The zero-order chi connectivity index (χ0) is 10.4. The minimum Gasteiger partial charge on any atom is -0.329 e. The largest absolute Gasteiger partial charge is 0.329 e. The Morgan fingerprint density at radius 1 is 1.79 bits per heavy atom. The van der Waals surface area contributed by atoms with Crippen LogP contribution in [0.25, 0.3) is 0 Å². The van der Waals surface area contributed by atoms with Crippen molar-refractivity contribution in [2.75, 3.05) is 13.1 Å². The van der Waals surface area contributed by atoms with Crippen molar-refractivity contribution < 1.29 is 0 Å². The maximum absolute atomic E-state index is 5.14. The lowest BCUT2D eigenvalue weighted by atomic mass is 10.4. The van der Waals surface area contributed by atoms with Crippen LogP contribution in [0, 0.1) is 12.3 Å². The van der Waals surface area contributed by atoms with Crippen molar-refractivity contribution in [3.8, 4) is 12.3 Å². The number of aromatic nitrogens is 2. The number of terminal acetylenes is 1.